The minimum Gasteiger partial charge on any atom is -0.545 e. The van der Waals surface area contributed by atoms with Crippen molar-refractivity contribution >= 4 is 17.9 Å². The Balaban J connectivity index is 4.11. The van der Waals surface area contributed by atoms with Crippen molar-refractivity contribution in [2.75, 3.05) is 47.5 Å². The minimum absolute atomic E-state index is 0.138. The maximum Gasteiger partial charge on any atom is 0.306 e. The van der Waals surface area contributed by atoms with E-state index in [1.165, 1.54) is 193 Å². The number of carboxylic acid groups (broad SMARTS) is 1. The second-order valence-electron chi connectivity index (χ2n) is 28.3. The van der Waals surface area contributed by atoms with Crippen LogP contribution >= 0.6 is 0 Å². The quantitative estimate of drug-likeness (QED) is 0.0195. The molecule has 0 saturated carbocycles. The topological polar surface area (TPSA) is 111 Å². The fourth-order valence-electron chi connectivity index (χ4n) is 11.4. The van der Waals surface area contributed by atoms with Gasteiger partial charge in [-0.3, -0.25) is 9.59 Å². The number of carboxylic acids is 1. The molecule has 2 unspecified atom stereocenters. The molecule has 0 amide bonds. The van der Waals surface area contributed by atoms with E-state index in [0.29, 0.717) is 17.4 Å². The SMILES string of the molecule is CC/C=C\C/C=C\C/C=C\C/C=C\C/C=C\C/C=C\C/C=C\C/C=C\C/C=C\C/C=C\C/C=C\CCCCCCCC(=O)OC(COC(=O)CCCCCCCCCCCCCCCCCCCCCCCCC/C=C\CCCCCCCCCC)COC(OCC[N+](C)(C)C)C(=O)[O-]. The molecule has 0 aromatic rings. The van der Waals surface area contributed by atoms with Crippen molar-refractivity contribution in [3.05, 3.63) is 146 Å². The van der Waals surface area contributed by atoms with Gasteiger partial charge in [-0.25, -0.2) is 0 Å². The number of carbonyl (C=O) groups is 3. The van der Waals surface area contributed by atoms with Gasteiger partial charge in [0.25, 0.3) is 0 Å². The lowest BCUT2D eigenvalue weighted by Crippen LogP contribution is -2.44. The fourth-order valence-corrected chi connectivity index (χ4v) is 11.4. The zero-order valence-electron chi connectivity index (χ0n) is 64.8. The second kappa shape index (κ2) is 78.9. The number of nitrogens with zero attached hydrogens (tertiary/aromatic N) is 1. The first-order valence-corrected chi connectivity index (χ1v) is 41.0. The third kappa shape index (κ3) is 80.4. The Hall–Kier alpha value is -4.83. The van der Waals surface area contributed by atoms with E-state index in [1.807, 2.05) is 21.1 Å². The summed E-state index contributed by atoms with van der Waals surface area (Å²) in [5.74, 6) is -2.31. The zero-order valence-corrected chi connectivity index (χ0v) is 64.8. The number of hydrogen-bond donors (Lipinski definition) is 0. The highest BCUT2D eigenvalue weighted by molar-refractivity contribution is 5.70. The molecule has 0 aromatic heterocycles. The summed E-state index contributed by atoms with van der Waals surface area (Å²) >= 11 is 0. The molecule has 0 fully saturated rings. The van der Waals surface area contributed by atoms with Gasteiger partial charge in [0.1, 0.15) is 13.2 Å². The number of esters is 2. The smallest absolute Gasteiger partial charge is 0.306 e. The van der Waals surface area contributed by atoms with Crippen molar-refractivity contribution in [3.63, 3.8) is 0 Å². The third-order valence-corrected chi connectivity index (χ3v) is 17.6. The van der Waals surface area contributed by atoms with Gasteiger partial charge in [-0.05, 0) is 122 Å². The average molecular weight is 1380 g/mol. The Morgan fingerprint density at radius 1 is 0.313 bits per heavy atom. The Labute approximate surface area is 611 Å². The van der Waals surface area contributed by atoms with Crippen LogP contribution in [0.25, 0.3) is 0 Å². The summed E-state index contributed by atoms with van der Waals surface area (Å²) in [4.78, 5) is 37.6. The number of unbranched alkanes of at least 4 members (excludes halogenated alkanes) is 36. The Morgan fingerprint density at radius 2 is 0.576 bits per heavy atom. The van der Waals surface area contributed by atoms with Crippen LogP contribution in [-0.2, 0) is 33.3 Å². The lowest BCUT2D eigenvalue weighted by molar-refractivity contribution is -0.870. The van der Waals surface area contributed by atoms with E-state index in [2.05, 4.69) is 160 Å². The fraction of sp³-hybridized carbons (Fsp3) is 0.700. The molecule has 0 N–H and O–H groups in total. The first-order chi connectivity index (χ1) is 48.6. The Morgan fingerprint density at radius 3 is 0.869 bits per heavy atom. The van der Waals surface area contributed by atoms with Gasteiger partial charge >= 0.3 is 11.9 Å². The van der Waals surface area contributed by atoms with Crippen LogP contribution in [0.4, 0.5) is 0 Å². The summed E-state index contributed by atoms with van der Waals surface area (Å²) < 4.78 is 22.8. The van der Waals surface area contributed by atoms with Crippen molar-refractivity contribution in [1.82, 2.24) is 0 Å². The van der Waals surface area contributed by atoms with Crippen molar-refractivity contribution in [1.29, 1.82) is 0 Å². The van der Waals surface area contributed by atoms with Crippen molar-refractivity contribution in [2.45, 2.75) is 360 Å². The molecule has 99 heavy (non-hydrogen) atoms. The molecule has 0 aliphatic heterocycles. The van der Waals surface area contributed by atoms with E-state index in [4.69, 9.17) is 18.9 Å². The van der Waals surface area contributed by atoms with Crippen LogP contribution in [0.5, 0.6) is 0 Å². The van der Waals surface area contributed by atoms with E-state index in [-0.39, 0.29) is 38.6 Å². The van der Waals surface area contributed by atoms with E-state index >= 15 is 0 Å². The standard InChI is InChI=1S/C90H153NO8/c1-6-8-10-12-14-16-18-20-22-24-26-28-30-32-34-36-38-40-42-43-44-45-47-49-51-53-55-57-59-61-63-65-67-69-71-73-75-77-79-81-88(93)99-86(85-98-90(89(94)95)96-83-82-91(3,4)5)84-97-87(92)80-78-76-74-72-70-68-66-64-62-60-58-56-54-52-50-48-46-41-39-37-35-33-31-29-27-25-23-21-19-17-15-13-11-9-7-2/h8,10,14,16,20,22,25-28,32,34,38,40,43-44,47,49,53,55,59,61,65,67,86,90H,6-7,9,11-13,15,17-19,21,23-24,29-31,33,35-37,39,41-42,45-46,48,50-52,54,56-58,60,62-64,66,68-85H2,1-5H3/b10-8-,16-14-,22-20-,27-25-,28-26-,34-32-,40-38-,44-43-,49-47-,55-53-,61-59-,67-65-. The first kappa shape index (κ1) is 94.2. The molecule has 9 nitrogen and oxygen atoms in total. The molecule has 0 bridgehead atoms. The molecule has 0 rings (SSSR count). The molecule has 0 spiro atoms. The van der Waals surface area contributed by atoms with Crippen LogP contribution in [0.3, 0.4) is 0 Å². The molecular formula is C90H153NO8. The monoisotopic (exact) mass is 1380 g/mol. The van der Waals surface area contributed by atoms with Gasteiger partial charge in [0.05, 0.1) is 40.3 Å². The number of likely N-dealkylation sites (N-methyl/N-ethyl adjacent to an activating group) is 1. The van der Waals surface area contributed by atoms with Crippen LogP contribution < -0.4 is 5.11 Å². The van der Waals surface area contributed by atoms with Gasteiger partial charge in [-0.1, -0.05) is 359 Å². The van der Waals surface area contributed by atoms with E-state index in [0.717, 1.165) is 122 Å². The lowest BCUT2D eigenvalue weighted by atomic mass is 10.0. The first-order valence-electron chi connectivity index (χ1n) is 41.0. The molecule has 2 atom stereocenters. The molecule has 0 aliphatic rings. The Kier molecular flexibility index (Phi) is 75.0. The number of carbonyl (C=O) groups excluding carboxylic acids is 3. The molecule has 0 aromatic carbocycles. The highest BCUT2D eigenvalue weighted by Gasteiger charge is 2.22. The summed E-state index contributed by atoms with van der Waals surface area (Å²) in [5, 5.41) is 11.9. The largest absolute Gasteiger partial charge is 0.545 e. The van der Waals surface area contributed by atoms with Gasteiger partial charge in [-0.15, -0.1) is 0 Å². The Bertz CT molecular complexity index is 2150. The van der Waals surface area contributed by atoms with Crippen LogP contribution in [-0.4, -0.2) is 82.3 Å². The van der Waals surface area contributed by atoms with Crippen molar-refractivity contribution in [2.24, 2.45) is 0 Å². The number of hydrogen-bond acceptors (Lipinski definition) is 8. The normalized spacial score (nSPS) is 13.4. The predicted octanol–water partition coefficient (Wildman–Crippen LogP) is 25.3. The summed E-state index contributed by atoms with van der Waals surface area (Å²) in [7, 11) is 5.93. The molecule has 566 valence electrons. The number of quaternary nitrogens is 1. The van der Waals surface area contributed by atoms with E-state index < -0.39 is 24.3 Å². The third-order valence-electron chi connectivity index (χ3n) is 17.6. The van der Waals surface area contributed by atoms with Crippen LogP contribution in [0, 0.1) is 0 Å². The minimum atomic E-state index is -1.64. The molecule has 9 heteroatoms. The predicted molar refractivity (Wildman–Crippen MR) is 426 cm³/mol. The van der Waals surface area contributed by atoms with E-state index in [9.17, 15) is 19.5 Å². The number of ether oxygens (including phenoxy) is 4. The summed E-state index contributed by atoms with van der Waals surface area (Å²) in [5.41, 5.74) is 0. The van der Waals surface area contributed by atoms with Crippen LogP contribution in [0.1, 0.15) is 348 Å². The summed E-state index contributed by atoms with van der Waals surface area (Å²) in [6.07, 6.45) is 113. The summed E-state index contributed by atoms with van der Waals surface area (Å²) in [6, 6.07) is 0. The molecule has 0 radical (unpaired) electrons. The van der Waals surface area contributed by atoms with Crippen molar-refractivity contribution < 1.29 is 42.9 Å². The van der Waals surface area contributed by atoms with Crippen molar-refractivity contribution in [3.8, 4) is 0 Å². The van der Waals surface area contributed by atoms with Gasteiger partial charge in [-0.2, -0.15) is 0 Å². The van der Waals surface area contributed by atoms with Gasteiger partial charge in [0.15, 0.2) is 12.4 Å². The number of aliphatic carboxylic acids is 1. The lowest BCUT2D eigenvalue weighted by Gasteiger charge is -2.26. The van der Waals surface area contributed by atoms with Crippen LogP contribution in [0.2, 0.25) is 0 Å². The molecular weight excluding hydrogens is 1220 g/mol. The maximum atomic E-state index is 13.0. The molecule has 0 aliphatic carbocycles. The highest BCUT2D eigenvalue weighted by Crippen LogP contribution is 2.18. The number of allylic oxidation sites excluding steroid dienone is 24. The maximum absolute atomic E-state index is 13.0. The van der Waals surface area contributed by atoms with Crippen LogP contribution in [0.15, 0.2) is 146 Å². The van der Waals surface area contributed by atoms with Gasteiger partial charge < -0.3 is 33.3 Å². The molecule has 0 heterocycles. The molecule has 0 saturated heterocycles. The average Bonchev–Trinajstić information content (AvgIpc) is 1.14. The van der Waals surface area contributed by atoms with E-state index in [1.54, 1.807) is 0 Å². The number of rotatable bonds is 75. The highest BCUT2D eigenvalue weighted by atomic mass is 16.7. The van der Waals surface area contributed by atoms with Gasteiger partial charge in [0, 0.05) is 12.8 Å². The zero-order chi connectivity index (χ0) is 71.8. The van der Waals surface area contributed by atoms with Gasteiger partial charge in [0.2, 0.25) is 0 Å². The summed E-state index contributed by atoms with van der Waals surface area (Å²) in [6.45, 7) is 4.64. The second-order valence-corrected chi connectivity index (χ2v) is 28.3.